The van der Waals surface area contributed by atoms with Crippen LogP contribution < -0.4 is 0 Å². The Kier molecular flexibility index (Phi) is 3.80. The van der Waals surface area contributed by atoms with Gasteiger partial charge >= 0.3 is 0 Å². The normalized spacial score (nSPS) is 65.8. The molecule has 0 aromatic heterocycles. The van der Waals surface area contributed by atoms with E-state index in [2.05, 4.69) is 18.7 Å². The molecule has 2 saturated heterocycles. The Balaban J connectivity index is 1.56. The number of fused-ring (bicyclic) bond motifs is 1. The highest BCUT2D eigenvalue weighted by Crippen LogP contribution is 2.82. The van der Waals surface area contributed by atoms with Gasteiger partial charge in [-0.1, -0.05) is 13.8 Å². The maximum absolute atomic E-state index is 12.3. The Hall–Kier alpha value is -0.280. The predicted octanol–water partition coefficient (Wildman–Crippen LogP) is 1.01. The summed E-state index contributed by atoms with van der Waals surface area (Å²) >= 11 is 0. The molecule has 0 aromatic carbocycles. The maximum atomic E-state index is 12.3. The summed E-state index contributed by atoms with van der Waals surface area (Å²) in [7, 11) is 3.59. The smallest absolute Gasteiger partial charge is 0.148 e. The highest BCUT2D eigenvalue weighted by Gasteiger charge is 2.93. The van der Waals surface area contributed by atoms with Crippen LogP contribution in [0.5, 0.6) is 0 Å². The van der Waals surface area contributed by atoms with E-state index in [0.29, 0.717) is 5.92 Å². The lowest BCUT2D eigenvalue weighted by Crippen LogP contribution is -2.80. The second kappa shape index (κ2) is 5.85. The molecular weight excluding hydrogens is 398 g/mol. The largest absolute Gasteiger partial charge is 0.392 e. The minimum Gasteiger partial charge on any atom is -0.392 e. The van der Waals surface area contributed by atoms with Crippen molar-refractivity contribution in [1.29, 1.82) is 0 Å². The quantitative estimate of drug-likeness (QED) is 0.685. The van der Waals surface area contributed by atoms with Crippen molar-refractivity contribution in [2.45, 2.75) is 81.2 Å². The van der Waals surface area contributed by atoms with E-state index in [4.69, 9.17) is 18.9 Å². The number of aliphatic hydroxyl groups is 2. The van der Waals surface area contributed by atoms with Gasteiger partial charge in [0.1, 0.15) is 18.0 Å². The molecule has 7 bridgehead atoms. The molecule has 2 aliphatic heterocycles. The van der Waals surface area contributed by atoms with Crippen LogP contribution in [0.15, 0.2) is 0 Å². The summed E-state index contributed by atoms with van der Waals surface area (Å²) in [5.74, 6) is 0.650. The Labute approximate surface area is 184 Å². The summed E-state index contributed by atoms with van der Waals surface area (Å²) in [5, 5.41) is 24.2. The minimum atomic E-state index is -0.846. The van der Waals surface area contributed by atoms with Gasteiger partial charge in [0, 0.05) is 50.4 Å². The molecule has 7 fully saturated rings. The van der Waals surface area contributed by atoms with E-state index in [-0.39, 0.29) is 48.2 Å². The lowest BCUT2D eigenvalue weighted by Gasteiger charge is -2.69. The monoisotopic (exact) mass is 435 g/mol. The zero-order chi connectivity index (χ0) is 21.6. The number of aliphatic hydroxyl groups excluding tert-OH is 2. The standard InChI is InChI=1S/C24H37NO6/c1-5-25-10-21(2)7-6-15(26)23-13-8-12-14(28-3)9-22(16(13)17(12)29-4)24(20(23)25,31-11-30-22)19(27)18(21)23/h12-20,26-27H,5-11H2,1-4H3/t12-,13-,14+,15+,16-,17+,18-,19+,20+,21+,22-,23+,24+/m1/s1. The fourth-order valence-electron chi connectivity index (χ4n) is 11.2. The summed E-state index contributed by atoms with van der Waals surface area (Å²) in [4.78, 5) is 2.54. The summed E-state index contributed by atoms with van der Waals surface area (Å²) in [5.41, 5.74) is -1.92. The number of hydrogen-bond donors (Lipinski definition) is 2. The summed E-state index contributed by atoms with van der Waals surface area (Å²) in [6, 6.07) is -0.0380. The van der Waals surface area contributed by atoms with Gasteiger partial charge in [-0.3, -0.25) is 4.90 Å². The number of ether oxygens (including phenoxy) is 4. The van der Waals surface area contributed by atoms with Crippen molar-refractivity contribution >= 4 is 0 Å². The van der Waals surface area contributed by atoms with E-state index in [1.165, 1.54) is 0 Å². The lowest BCUT2D eigenvalue weighted by molar-refractivity contribution is -0.280. The average Bonchev–Trinajstić information content (AvgIpc) is 3.34. The first-order chi connectivity index (χ1) is 14.9. The molecule has 0 radical (unpaired) electrons. The van der Waals surface area contributed by atoms with Crippen LogP contribution in [-0.4, -0.2) is 90.9 Å². The molecule has 0 amide bonds. The third-order valence-corrected chi connectivity index (χ3v) is 11.6. The van der Waals surface area contributed by atoms with Crippen LogP contribution in [0.25, 0.3) is 0 Å². The lowest BCUT2D eigenvalue weighted by atomic mass is 9.43. The fraction of sp³-hybridized carbons (Fsp3) is 1.00. The van der Waals surface area contributed by atoms with Crippen LogP contribution in [0.2, 0.25) is 0 Å². The summed E-state index contributed by atoms with van der Waals surface area (Å²) in [6.45, 7) is 6.59. The van der Waals surface area contributed by atoms with Gasteiger partial charge in [-0.15, -0.1) is 0 Å². The molecule has 31 heavy (non-hydrogen) atoms. The van der Waals surface area contributed by atoms with Gasteiger partial charge in [0.25, 0.3) is 0 Å². The molecule has 0 unspecified atom stereocenters. The van der Waals surface area contributed by atoms with Gasteiger partial charge in [-0.25, -0.2) is 0 Å². The molecule has 5 aliphatic carbocycles. The molecule has 5 saturated carbocycles. The van der Waals surface area contributed by atoms with Crippen LogP contribution in [0.4, 0.5) is 0 Å². The first kappa shape index (κ1) is 20.1. The van der Waals surface area contributed by atoms with E-state index >= 15 is 0 Å². The highest BCUT2D eigenvalue weighted by atomic mass is 16.7. The summed E-state index contributed by atoms with van der Waals surface area (Å²) in [6.07, 6.45) is 2.36. The third kappa shape index (κ3) is 1.74. The predicted molar refractivity (Wildman–Crippen MR) is 110 cm³/mol. The molecule has 13 atom stereocenters. The average molecular weight is 436 g/mol. The second-order valence-corrected chi connectivity index (χ2v) is 11.9. The second-order valence-electron chi connectivity index (χ2n) is 11.9. The van der Waals surface area contributed by atoms with Crippen molar-refractivity contribution in [3.63, 3.8) is 0 Å². The van der Waals surface area contributed by atoms with Crippen LogP contribution in [0.3, 0.4) is 0 Å². The molecule has 174 valence electrons. The van der Waals surface area contributed by atoms with Crippen LogP contribution >= 0.6 is 0 Å². The van der Waals surface area contributed by atoms with Gasteiger partial charge < -0.3 is 29.2 Å². The molecule has 0 aromatic rings. The summed E-state index contributed by atoms with van der Waals surface area (Å²) < 4.78 is 25.6. The fourth-order valence-corrected chi connectivity index (χ4v) is 11.2. The third-order valence-electron chi connectivity index (χ3n) is 11.6. The van der Waals surface area contributed by atoms with Gasteiger partial charge in [0.15, 0.2) is 0 Å². The Bertz CT molecular complexity index is 811. The number of hydrogen-bond acceptors (Lipinski definition) is 7. The van der Waals surface area contributed by atoms with Crippen LogP contribution in [0, 0.1) is 34.5 Å². The molecule has 2 N–H and O–H groups in total. The topological polar surface area (TPSA) is 80.6 Å². The minimum absolute atomic E-state index is 0.00318. The van der Waals surface area contributed by atoms with E-state index in [9.17, 15) is 10.2 Å². The molecule has 7 nitrogen and oxygen atoms in total. The Morgan fingerprint density at radius 3 is 2.68 bits per heavy atom. The van der Waals surface area contributed by atoms with Gasteiger partial charge in [0.2, 0.25) is 0 Å². The van der Waals surface area contributed by atoms with Crippen molar-refractivity contribution in [3.8, 4) is 0 Å². The number of nitrogens with zero attached hydrogens (tertiary/aromatic N) is 1. The van der Waals surface area contributed by atoms with Crippen molar-refractivity contribution < 1.29 is 29.2 Å². The Morgan fingerprint density at radius 1 is 1.16 bits per heavy atom. The van der Waals surface area contributed by atoms with Crippen molar-refractivity contribution in [1.82, 2.24) is 4.90 Å². The number of rotatable bonds is 3. The highest BCUT2D eigenvalue weighted by molar-refractivity contribution is 5.42. The van der Waals surface area contributed by atoms with E-state index in [1.807, 2.05) is 0 Å². The number of piperidine rings is 1. The van der Waals surface area contributed by atoms with E-state index in [1.54, 1.807) is 14.2 Å². The zero-order valence-electron chi connectivity index (χ0n) is 19.1. The first-order valence-electron chi connectivity index (χ1n) is 12.3. The number of likely N-dealkylation sites (N-methyl/N-ethyl adjacent to an activating group) is 1. The number of likely N-dealkylation sites (tertiary alicyclic amines) is 1. The molecule has 2 heterocycles. The van der Waals surface area contributed by atoms with Crippen molar-refractivity contribution in [3.05, 3.63) is 0 Å². The maximum Gasteiger partial charge on any atom is 0.148 e. The Morgan fingerprint density at radius 2 is 1.97 bits per heavy atom. The van der Waals surface area contributed by atoms with Crippen molar-refractivity contribution in [2.75, 3.05) is 34.1 Å². The first-order valence-corrected chi connectivity index (χ1v) is 12.3. The van der Waals surface area contributed by atoms with Gasteiger partial charge in [-0.05, 0) is 37.1 Å². The zero-order valence-corrected chi connectivity index (χ0v) is 19.1. The molecule has 7 heteroatoms. The van der Waals surface area contributed by atoms with E-state index in [0.717, 1.165) is 38.8 Å². The van der Waals surface area contributed by atoms with E-state index < -0.39 is 28.8 Å². The van der Waals surface area contributed by atoms with Gasteiger partial charge in [-0.2, -0.15) is 0 Å². The number of methoxy groups -OCH3 is 2. The SMILES string of the molecule is CCN1C[C@]2(C)CC[C@H](O)[C@@]34[C@@H]5C[C@H]6[C@H](OC)[C@@H]5[C@@]5(C[C@@H]6OC)OCO[C@@]5([C@@H](O)[C@H]23)[C@@H]14. The van der Waals surface area contributed by atoms with Crippen molar-refractivity contribution in [2.24, 2.45) is 34.5 Å². The van der Waals surface area contributed by atoms with Crippen LogP contribution in [0.1, 0.15) is 39.5 Å². The molecule has 3 spiro atoms. The molecule has 7 rings (SSSR count). The van der Waals surface area contributed by atoms with Gasteiger partial charge in [0.05, 0.1) is 30.5 Å². The van der Waals surface area contributed by atoms with Crippen LogP contribution in [-0.2, 0) is 18.9 Å². The molecule has 7 aliphatic rings. The molecular formula is C24H37NO6.